The number of hydrogen-bond acceptors (Lipinski definition) is 3. The normalized spacial score (nSPS) is 26.6. The number of rotatable bonds is 5. The van der Waals surface area contributed by atoms with Gasteiger partial charge in [0.25, 0.3) is 0 Å². The molecule has 2 fully saturated rings. The molecule has 0 atom stereocenters. The number of carbonyl (C=O) groups is 2. The molecule has 1 saturated carbocycles. The lowest BCUT2D eigenvalue weighted by Crippen LogP contribution is -2.41. The highest BCUT2D eigenvalue weighted by atomic mass is 16.4. The molecule has 1 aromatic carbocycles. The van der Waals surface area contributed by atoms with Crippen molar-refractivity contribution in [3.05, 3.63) is 29.3 Å². The molecule has 2 amide bonds. The van der Waals surface area contributed by atoms with Crippen molar-refractivity contribution < 1.29 is 14.7 Å². The van der Waals surface area contributed by atoms with Crippen molar-refractivity contribution >= 4 is 17.7 Å². The first kappa shape index (κ1) is 22.1. The molecule has 0 unspecified atom stereocenters. The zero-order valence-electron chi connectivity index (χ0n) is 19.3. The molecule has 1 N–H and O–H groups in total. The fourth-order valence-corrected chi connectivity index (χ4v) is 5.94. The highest BCUT2D eigenvalue weighted by Gasteiger charge is 2.37. The monoisotopic (exact) mass is 427 g/mol. The summed E-state index contributed by atoms with van der Waals surface area (Å²) < 4.78 is 0. The lowest BCUT2D eigenvalue weighted by molar-refractivity contribution is -0.137. The second-order valence-corrected chi connectivity index (χ2v) is 10.4. The SMILES string of the molecule is CN1CCc2ccc(N3CCN(C4CCC(CCC(=O)O)CC4)C3=O)cc2C(C)(C)C1. The van der Waals surface area contributed by atoms with E-state index in [2.05, 4.69) is 48.9 Å². The standard InChI is InChI=1S/C25H37N3O3/c1-25(2)17-26(3)13-12-19-7-10-21(16-22(19)25)28-15-14-27(24(28)31)20-8-4-18(5-9-20)6-11-23(29)30/h7,10,16,18,20H,4-6,8-9,11-15,17H2,1-3H3,(H,29,30). The van der Waals surface area contributed by atoms with E-state index in [1.165, 1.54) is 11.1 Å². The number of nitrogens with zero attached hydrogens (tertiary/aromatic N) is 3. The first-order valence-electron chi connectivity index (χ1n) is 11.9. The fourth-order valence-electron chi connectivity index (χ4n) is 5.94. The number of hydrogen-bond donors (Lipinski definition) is 1. The average molecular weight is 428 g/mol. The molecule has 170 valence electrons. The largest absolute Gasteiger partial charge is 0.481 e. The highest BCUT2D eigenvalue weighted by Crippen LogP contribution is 2.36. The lowest BCUT2D eigenvalue weighted by Gasteiger charge is -2.34. The van der Waals surface area contributed by atoms with Gasteiger partial charge in [0, 0.05) is 49.7 Å². The first-order valence-corrected chi connectivity index (χ1v) is 11.9. The maximum Gasteiger partial charge on any atom is 0.324 e. The van der Waals surface area contributed by atoms with Crippen LogP contribution in [0.4, 0.5) is 10.5 Å². The van der Waals surface area contributed by atoms with Crippen molar-refractivity contribution in [2.45, 2.75) is 70.3 Å². The molecule has 2 aliphatic heterocycles. The summed E-state index contributed by atoms with van der Waals surface area (Å²) in [6.45, 7) is 8.23. The number of likely N-dealkylation sites (N-methyl/N-ethyl adjacent to an activating group) is 1. The van der Waals surface area contributed by atoms with Crippen LogP contribution in [-0.4, -0.2) is 66.2 Å². The van der Waals surface area contributed by atoms with E-state index in [1.807, 2.05) is 4.90 Å². The molecule has 31 heavy (non-hydrogen) atoms. The average Bonchev–Trinajstić information content (AvgIpc) is 3.06. The molecule has 0 aromatic heterocycles. The third kappa shape index (κ3) is 4.74. The summed E-state index contributed by atoms with van der Waals surface area (Å²) >= 11 is 0. The minimum atomic E-state index is -0.705. The van der Waals surface area contributed by atoms with Crippen LogP contribution in [0.15, 0.2) is 18.2 Å². The Hall–Kier alpha value is -2.08. The van der Waals surface area contributed by atoms with Crippen LogP contribution in [0.5, 0.6) is 0 Å². The second kappa shape index (κ2) is 8.81. The molecule has 1 aliphatic carbocycles. The van der Waals surface area contributed by atoms with Gasteiger partial charge in [-0.1, -0.05) is 19.9 Å². The summed E-state index contributed by atoms with van der Waals surface area (Å²) in [6.07, 6.45) is 6.13. The van der Waals surface area contributed by atoms with Crippen LogP contribution in [0.1, 0.15) is 63.5 Å². The van der Waals surface area contributed by atoms with Gasteiger partial charge in [0.2, 0.25) is 0 Å². The van der Waals surface area contributed by atoms with Gasteiger partial charge in [0.1, 0.15) is 0 Å². The predicted octanol–water partition coefficient (Wildman–Crippen LogP) is 4.12. The number of fused-ring (bicyclic) bond motifs is 1. The van der Waals surface area contributed by atoms with Crippen molar-refractivity contribution in [2.75, 3.05) is 38.1 Å². The highest BCUT2D eigenvalue weighted by molar-refractivity contribution is 5.94. The Kier molecular flexibility index (Phi) is 6.29. The van der Waals surface area contributed by atoms with E-state index in [9.17, 15) is 9.59 Å². The van der Waals surface area contributed by atoms with Crippen molar-refractivity contribution in [3.8, 4) is 0 Å². The smallest absolute Gasteiger partial charge is 0.324 e. The van der Waals surface area contributed by atoms with Crippen molar-refractivity contribution in [1.29, 1.82) is 0 Å². The van der Waals surface area contributed by atoms with Gasteiger partial charge < -0.3 is 14.9 Å². The van der Waals surface area contributed by atoms with E-state index in [4.69, 9.17) is 5.11 Å². The van der Waals surface area contributed by atoms with Gasteiger partial charge in [-0.05, 0) is 74.8 Å². The third-order valence-corrected chi connectivity index (χ3v) is 7.63. The Morgan fingerprint density at radius 3 is 2.58 bits per heavy atom. The van der Waals surface area contributed by atoms with Crippen LogP contribution < -0.4 is 4.90 Å². The predicted molar refractivity (Wildman–Crippen MR) is 123 cm³/mol. The number of carboxylic acid groups (broad SMARTS) is 1. The molecule has 0 spiro atoms. The van der Waals surface area contributed by atoms with Crippen LogP contribution in [0.25, 0.3) is 0 Å². The summed E-state index contributed by atoms with van der Waals surface area (Å²) in [7, 11) is 2.19. The first-order chi connectivity index (χ1) is 14.7. The van der Waals surface area contributed by atoms with Crippen LogP contribution in [0, 0.1) is 5.92 Å². The van der Waals surface area contributed by atoms with Crippen molar-refractivity contribution in [3.63, 3.8) is 0 Å². The maximum atomic E-state index is 13.3. The van der Waals surface area contributed by atoms with Gasteiger partial charge in [0.15, 0.2) is 0 Å². The summed E-state index contributed by atoms with van der Waals surface area (Å²) in [5.41, 5.74) is 3.87. The number of urea groups is 1. The maximum absolute atomic E-state index is 13.3. The summed E-state index contributed by atoms with van der Waals surface area (Å²) in [4.78, 5) is 30.6. The number of carbonyl (C=O) groups excluding carboxylic acids is 1. The summed E-state index contributed by atoms with van der Waals surface area (Å²) in [5.74, 6) is -0.214. The minimum absolute atomic E-state index is 0.0629. The Balaban J connectivity index is 1.43. The van der Waals surface area contributed by atoms with Crippen LogP contribution >= 0.6 is 0 Å². The summed E-state index contributed by atoms with van der Waals surface area (Å²) in [6, 6.07) is 7.06. The Morgan fingerprint density at radius 2 is 1.87 bits per heavy atom. The molecule has 0 bridgehead atoms. The van der Waals surface area contributed by atoms with E-state index in [0.717, 1.165) is 70.4 Å². The molecule has 2 heterocycles. The number of carboxylic acids is 1. The van der Waals surface area contributed by atoms with Gasteiger partial charge in [-0.15, -0.1) is 0 Å². The number of anilines is 1. The van der Waals surface area contributed by atoms with Crippen LogP contribution in [0.3, 0.4) is 0 Å². The quantitative estimate of drug-likeness (QED) is 0.768. The van der Waals surface area contributed by atoms with E-state index in [0.29, 0.717) is 12.0 Å². The Morgan fingerprint density at radius 1 is 1.13 bits per heavy atom. The summed E-state index contributed by atoms with van der Waals surface area (Å²) in [5, 5.41) is 8.91. The van der Waals surface area contributed by atoms with Gasteiger partial charge in [-0.2, -0.15) is 0 Å². The molecule has 1 saturated heterocycles. The zero-order valence-corrected chi connectivity index (χ0v) is 19.3. The molecule has 0 radical (unpaired) electrons. The van der Waals surface area contributed by atoms with Crippen molar-refractivity contribution in [2.24, 2.45) is 5.92 Å². The number of aliphatic carboxylic acids is 1. The molecular formula is C25H37N3O3. The van der Waals surface area contributed by atoms with Gasteiger partial charge in [-0.25, -0.2) is 4.79 Å². The molecule has 6 nitrogen and oxygen atoms in total. The lowest BCUT2D eigenvalue weighted by atomic mass is 9.81. The van der Waals surface area contributed by atoms with Gasteiger partial charge in [-0.3, -0.25) is 9.69 Å². The molecule has 1 aromatic rings. The van der Waals surface area contributed by atoms with Crippen LogP contribution in [-0.2, 0) is 16.6 Å². The Bertz CT molecular complexity index is 829. The van der Waals surface area contributed by atoms with E-state index in [1.54, 1.807) is 0 Å². The van der Waals surface area contributed by atoms with Gasteiger partial charge in [0.05, 0.1) is 0 Å². The molecule has 6 heteroatoms. The topological polar surface area (TPSA) is 64.1 Å². The second-order valence-electron chi connectivity index (χ2n) is 10.4. The van der Waals surface area contributed by atoms with Crippen molar-refractivity contribution in [1.82, 2.24) is 9.80 Å². The van der Waals surface area contributed by atoms with E-state index >= 15 is 0 Å². The molecule has 3 aliphatic rings. The van der Waals surface area contributed by atoms with E-state index in [-0.39, 0.29) is 17.9 Å². The molecule has 4 rings (SSSR count). The number of benzene rings is 1. The number of amides is 2. The Labute approximate surface area is 186 Å². The zero-order chi connectivity index (χ0) is 22.2. The fraction of sp³-hybridized carbons (Fsp3) is 0.680. The van der Waals surface area contributed by atoms with Gasteiger partial charge >= 0.3 is 12.0 Å². The molecular weight excluding hydrogens is 390 g/mol. The van der Waals surface area contributed by atoms with Crippen LogP contribution in [0.2, 0.25) is 0 Å². The minimum Gasteiger partial charge on any atom is -0.481 e. The third-order valence-electron chi connectivity index (χ3n) is 7.63. The van der Waals surface area contributed by atoms with E-state index < -0.39 is 5.97 Å².